The maximum Gasteiger partial charge on any atom is 0.300 e. The van der Waals surface area contributed by atoms with E-state index in [9.17, 15) is 9.59 Å². The summed E-state index contributed by atoms with van der Waals surface area (Å²) in [5.41, 5.74) is 5.64. The summed E-state index contributed by atoms with van der Waals surface area (Å²) in [6.07, 6.45) is 3.26. The zero-order valence-corrected chi connectivity index (χ0v) is 12.0. The number of nitrogens with one attached hydrogen (secondary N) is 1. The van der Waals surface area contributed by atoms with E-state index in [1.807, 2.05) is 6.92 Å². The molecule has 0 aromatic carbocycles. The van der Waals surface area contributed by atoms with Crippen molar-refractivity contribution in [2.45, 2.75) is 19.8 Å². The Hall–Kier alpha value is -2.57. The van der Waals surface area contributed by atoms with Gasteiger partial charge in [-0.15, -0.1) is 4.73 Å². The summed E-state index contributed by atoms with van der Waals surface area (Å²) in [7, 11) is 1.44. The van der Waals surface area contributed by atoms with Gasteiger partial charge in [-0.3, -0.25) is 9.59 Å². The number of nitrogens with zero attached hydrogens (tertiary/aromatic N) is 2. The molecule has 21 heavy (non-hydrogen) atoms. The maximum atomic E-state index is 12.5. The Morgan fingerprint density at radius 3 is 2.95 bits per heavy atom. The SMILES string of the molecule is CCCCOn1c(=O)c(C(=O)NC)c(N)c2cccnc21. The van der Waals surface area contributed by atoms with Crippen LogP contribution in [-0.2, 0) is 0 Å². The molecule has 2 rings (SSSR count). The van der Waals surface area contributed by atoms with Gasteiger partial charge >= 0.3 is 0 Å². The summed E-state index contributed by atoms with van der Waals surface area (Å²) >= 11 is 0. The van der Waals surface area contributed by atoms with Crippen LogP contribution in [0.25, 0.3) is 11.0 Å². The average molecular weight is 290 g/mol. The number of nitrogens with two attached hydrogens (primary N) is 1. The number of anilines is 1. The van der Waals surface area contributed by atoms with Crippen molar-refractivity contribution in [2.75, 3.05) is 19.4 Å². The molecular weight excluding hydrogens is 272 g/mol. The lowest BCUT2D eigenvalue weighted by molar-refractivity contribution is 0.0934. The van der Waals surface area contributed by atoms with E-state index in [4.69, 9.17) is 10.6 Å². The number of nitrogen functional groups attached to an aromatic ring is 1. The second kappa shape index (κ2) is 6.25. The van der Waals surface area contributed by atoms with Crippen molar-refractivity contribution in [3.05, 3.63) is 34.2 Å². The number of hydrogen-bond donors (Lipinski definition) is 2. The van der Waals surface area contributed by atoms with Crippen LogP contribution < -0.4 is 21.4 Å². The first-order valence-corrected chi connectivity index (χ1v) is 6.76. The molecule has 2 heterocycles. The van der Waals surface area contributed by atoms with Gasteiger partial charge in [0.2, 0.25) is 0 Å². The highest BCUT2D eigenvalue weighted by molar-refractivity contribution is 6.05. The molecule has 0 saturated carbocycles. The molecule has 0 aliphatic heterocycles. The molecule has 0 atom stereocenters. The van der Waals surface area contributed by atoms with Crippen molar-refractivity contribution in [3.63, 3.8) is 0 Å². The van der Waals surface area contributed by atoms with Gasteiger partial charge in [-0.1, -0.05) is 13.3 Å². The molecule has 0 radical (unpaired) electrons. The van der Waals surface area contributed by atoms with E-state index in [2.05, 4.69) is 10.3 Å². The van der Waals surface area contributed by atoms with E-state index in [0.717, 1.165) is 17.6 Å². The van der Waals surface area contributed by atoms with Crippen molar-refractivity contribution >= 4 is 22.6 Å². The molecule has 1 amide bonds. The number of hydrogen-bond acceptors (Lipinski definition) is 5. The van der Waals surface area contributed by atoms with Crippen molar-refractivity contribution in [2.24, 2.45) is 0 Å². The predicted molar refractivity (Wildman–Crippen MR) is 80.2 cm³/mol. The molecular formula is C14H18N4O3. The standard InChI is InChI=1S/C14H18N4O3/c1-3-4-8-21-18-12-9(6-5-7-17-12)11(15)10(14(18)20)13(19)16-2/h5-7H,3-4,8,15H2,1-2H3,(H,16,19). The van der Waals surface area contributed by atoms with Crippen molar-refractivity contribution in [1.29, 1.82) is 0 Å². The fourth-order valence-electron chi connectivity index (χ4n) is 1.98. The van der Waals surface area contributed by atoms with E-state index in [1.165, 1.54) is 7.05 Å². The Labute approximate surface area is 121 Å². The molecule has 112 valence electrons. The molecule has 7 heteroatoms. The normalized spacial score (nSPS) is 10.6. The van der Waals surface area contributed by atoms with Crippen molar-refractivity contribution in [1.82, 2.24) is 15.0 Å². The first-order valence-electron chi connectivity index (χ1n) is 6.76. The number of carbonyl (C=O) groups is 1. The van der Waals surface area contributed by atoms with Gasteiger partial charge in [0.25, 0.3) is 11.5 Å². The van der Waals surface area contributed by atoms with E-state index >= 15 is 0 Å². The van der Waals surface area contributed by atoms with Gasteiger partial charge in [-0.25, -0.2) is 4.98 Å². The third-order valence-electron chi connectivity index (χ3n) is 3.11. The van der Waals surface area contributed by atoms with Gasteiger partial charge in [0.15, 0.2) is 5.65 Å². The highest BCUT2D eigenvalue weighted by Crippen LogP contribution is 2.20. The minimum atomic E-state index is -0.603. The van der Waals surface area contributed by atoms with Gasteiger partial charge < -0.3 is 15.9 Å². The Kier molecular flexibility index (Phi) is 4.42. The highest BCUT2D eigenvalue weighted by Gasteiger charge is 2.21. The fraction of sp³-hybridized carbons (Fsp3) is 0.357. The molecule has 0 aliphatic rings. The van der Waals surface area contributed by atoms with Crippen molar-refractivity contribution in [3.8, 4) is 0 Å². The van der Waals surface area contributed by atoms with Gasteiger partial charge in [-0.05, 0) is 18.6 Å². The van der Waals surface area contributed by atoms with Crippen LogP contribution in [0.2, 0.25) is 0 Å². The summed E-state index contributed by atoms with van der Waals surface area (Å²) in [4.78, 5) is 34.0. The smallest absolute Gasteiger partial charge is 0.300 e. The second-order valence-corrected chi connectivity index (χ2v) is 4.53. The number of pyridine rings is 2. The molecule has 0 saturated heterocycles. The van der Waals surface area contributed by atoms with Gasteiger partial charge in [-0.2, -0.15) is 0 Å². The minimum absolute atomic E-state index is 0.109. The van der Waals surface area contributed by atoms with Crippen LogP contribution in [0.1, 0.15) is 30.1 Å². The lowest BCUT2D eigenvalue weighted by Gasteiger charge is -2.14. The van der Waals surface area contributed by atoms with Crippen LogP contribution in [0, 0.1) is 0 Å². The molecule has 0 spiro atoms. The van der Waals surface area contributed by atoms with Crippen LogP contribution in [-0.4, -0.2) is 29.3 Å². The lowest BCUT2D eigenvalue weighted by Crippen LogP contribution is -2.36. The van der Waals surface area contributed by atoms with Crippen molar-refractivity contribution < 1.29 is 9.63 Å². The Balaban J connectivity index is 2.69. The molecule has 7 nitrogen and oxygen atoms in total. The first kappa shape index (κ1) is 14.8. The topological polar surface area (TPSA) is 99.2 Å². The van der Waals surface area contributed by atoms with Crippen LogP contribution in [0.5, 0.6) is 0 Å². The number of aromatic nitrogens is 2. The molecule has 2 aromatic heterocycles. The number of fused-ring (bicyclic) bond motifs is 1. The van der Waals surface area contributed by atoms with E-state index in [1.54, 1.807) is 18.3 Å². The Bertz CT molecular complexity index is 724. The molecule has 2 aromatic rings. The van der Waals surface area contributed by atoms with Crippen LogP contribution in [0.3, 0.4) is 0 Å². The van der Waals surface area contributed by atoms with Crippen LogP contribution >= 0.6 is 0 Å². The van der Waals surface area contributed by atoms with Gasteiger partial charge in [0, 0.05) is 18.6 Å². The largest absolute Gasteiger partial charge is 0.409 e. The average Bonchev–Trinajstić information content (AvgIpc) is 2.50. The summed E-state index contributed by atoms with van der Waals surface area (Å²) in [5.74, 6) is -0.545. The Morgan fingerprint density at radius 2 is 2.29 bits per heavy atom. The quantitative estimate of drug-likeness (QED) is 0.784. The molecule has 0 fully saturated rings. The van der Waals surface area contributed by atoms with Crippen LogP contribution in [0.15, 0.2) is 23.1 Å². The number of rotatable bonds is 5. The third-order valence-corrected chi connectivity index (χ3v) is 3.11. The maximum absolute atomic E-state index is 12.5. The fourth-order valence-corrected chi connectivity index (χ4v) is 1.98. The lowest BCUT2D eigenvalue weighted by atomic mass is 10.1. The van der Waals surface area contributed by atoms with Crippen LogP contribution in [0.4, 0.5) is 5.69 Å². The minimum Gasteiger partial charge on any atom is -0.409 e. The molecule has 0 unspecified atom stereocenters. The first-order chi connectivity index (χ1) is 10.1. The Morgan fingerprint density at radius 1 is 1.52 bits per heavy atom. The number of carbonyl (C=O) groups excluding carboxylic acids is 1. The monoisotopic (exact) mass is 290 g/mol. The zero-order valence-electron chi connectivity index (χ0n) is 12.0. The molecule has 0 bridgehead atoms. The van der Waals surface area contributed by atoms with E-state index in [-0.39, 0.29) is 11.3 Å². The summed E-state index contributed by atoms with van der Waals surface area (Å²) in [5, 5.41) is 2.92. The number of unbranched alkanes of at least 4 members (excludes halogenated alkanes) is 1. The highest BCUT2D eigenvalue weighted by atomic mass is 16.7. The zero-order chi connectivity index (χ0) is 15.4. The van der Waals surface area contributed by atoms with Gasteiger partial charge in [0.1, 0.15) is 12.2 Å². The number of amides is 1. The summed E-state index contributed by atoms with van der Waals surface area (Å²) < 4.78 is 1.05. The summed E-state index contributed by atoms with van der Waals surface area (Å²) in [6, 6.07) is 3.39. The summed E-state index contributed by atoms with van der Waals surface area (Å²) in [6.45, 7) is 2.38. The second-order valence-electron chi connectivity index (χ2n) is 4.53. The van der Waals surface area contributed by atoms with Gasteiger partial charge in [0.05, 0.1) is 5.69 Å². The predicted octanol–water partition coefficient (Wildman–Crippen LogP) is 0.567. The molecule has 0 aliphatic carbocycles. The molecule has 3 N–H and O–H groups in total. The van der Waals surface area contributed by atoms with E-state index < -0.39 is 11.5 Å². The van der Waals surface area contributed by atoms with E-state index in [0.29, 0.717) is 17.6 Å². The third kappa shape index (κ3) is 2.67.